The van der Waals surface area contributed by atoms with Gasteiger partial charge in [0.25, 0.3) is 5.91 Å². The van der Waals surface area contributed by atoms with Crippen molar-refractivity contribution in [1.82, 2.24) is 5.01 Å². The summed E-state index contributed by atoms with van der Waals surface area (Å²) in [6, 6.07) is 18.2. The highest BCUT2D eigenvalue weighted by molar-refractivity contribution is 7.12. The third kappa shape index (κ3) is 3.43. The van der Waals surface area contributed by atoms with Gasteiger partial charge in [0.05, 0.1) is 23.2 Å². The fourth-order valence-electron chi connectivity index (χ4n) is 3.08. The molecule has 2 aromatic heterocycles. The van der Waals surface area contributed by atoms with Crippen LogP contribution in [0, 0.1) is 0 Å². The highest BCUT2D eigenvalue weighted by atomic mass is 32.1. The Morgan fingerprint density at radius 1 is 1.12 bits per heavy atom. The highest BCUT2D eigenvalue weighted by Gasteiger charge is 2.34. The summed E-state index contributed by atoms with van der Waals surface area (Å²) in [5.41, 5.74) is 2.02. The second-order valence-corrected chi connectivity index (χ2v) is 8.12. The van der Waals surface area contributed by atoms with Crippen molar-refractivity contribution in [2.45, 2.75) is 12.5 Å². The van der Waals surface area contributed by atoms with Crippen LogP contribution in [0.15, 0.2) is 70.5 Å². The summed E-state index contributed by atoms with van der Waals surface area (Å²) in [5.74, 6) is 0.0151. The predicted octanol–water partition coefficient (Wildman–Crippen LogP) is 4.62. The lowest BCUT2D eigenvalue weighted by Crippen LogP contribution is -2.36. The number of hydrogen-bond donors (Lipinski definition) is 0. The summed E-state index contributed by atoms with van der Waals surface area (Å²) in [6.45, 7) is 0.299. The van der Waals surface area contributed by atoms with Gasteiger partial charge in [0.1, 0.15) is 0 Å². The third-order valence-corrected chi connectivity index (χ3v) is 6.30. The summed E-state index contributed by atoms with van der Waals surface area (Å²) in [6.07, 6.45) is 0.766. The zero-order chi connectivity index (χ0) is 17.9. The van der Waals surface area contributed by atoms with E-state index in [1.54, 1.807) is 27.7 Å². The van der Waals surface area contributed by atoms with Gasteiger partial charge in [0.2, 0.25) is 0 Å². The van der Waals surface area contributed by atoms with Crippen LogP contribution in [0.2, 0.25) is 0 Å². The van der Waals surface area contributed by atoms with Gasteiger partial charge in [0, 0.05) is 24.0 Å². The lowest BCUT2D eigenvalue weighted by atomic mass is 10.1. The van der Waals surface area contributed by atoms with E-state index < -0.39 is 0 Å². The smallest absolute Gasteiger partial charge is 0.262 e. The van der Waals surface area contributed by atoms with Crippen molar-refractivity contribution >= 4 is 40.0 Å². The Hall–Kier alpha value is -2.44. The van der Waals surface area contributed by atoms with Crippen LogP contribution in [0.3, 0.4) is 0 Å². The third-order valence-electron chi connectivity index (χ3n) is 4.41. The van der Waals surface area contributed by atoms with Gasteiger partial charge in [-0.25, -0.2) is 5.01 Å². The Labute approximate surface area is 161 Å². The number of anilines is 1. The number of rotatable bonds is 5. The van der Waals surface area contributed by atoms with Crippen molar-refractivity contribution in [3.05, 3.63) is 75.1 Å². The Balaban J connectivity index is 1.57. The molecule has 4 nitrogen and oxygen atoms in total. The molecule has 1 aromatic carbocycles. The quantitative estimate of drug-likeness (QED) is 0.646. The van der Waals surface area contributed by atoms with Crippen LogP contribution in [0.1, 0.15) is 22.2 Å². The number of amides is 1. The molecule has 3 aromatic rings. The molecule has 0 radical (unpaired) electrons. The fourth-order valence-corrected chi connectivity index (χ4v) is 4.62. The Bertz CT molecular complexity index is 889. The average Bonchev–Trinajstić information content (AvgIpc) is 3.42. The highest BCUT2D eigenvalue weighted by Crippen LogP contribution is 2.36. The molecule has 6 heteroatoms. The van der Waals surface area contributed by atoms with Crippen molar-refractivity contribution in [3.8, 4) is 0 Å². The van der Waals surface area contributed by atoms with E-state index in [1.807, 2.05) is 59.8 Å². The monoisotopic (exact) mass is 381 g/mol. The first-order valence-corrected chi connectivity index (χ1v) is 10.2. The molecule has 0 saturated heterocycles. The minimum atomic E-state index is -0.0104. The van der Waals surface area contributed by atoms with E-state index in [0.29, 0.717) is 6.54 Å². The topological polar surface area (TPSA) is 35.9 Å². The predicted molar refractivity (Wildman–Crippen MR) is 109 cm³/mol. The number of carbonyl (C=O) groups excluding carboxylic acids is 1. The molecule has 0 fully saturated rings. The molecule has 26 heavy (non-hydrogen) atoms. The van der Waals surface area contributed by atoms with E-state index in [4.69, 9.17) is 5.10 Å². The van der Waals surface area contributed by atoms with Crippen LogP contribution in [0.5, 0.6) is 0 Å². The van der Waals surface area contributed by atoms with E-state index in [2.05, 4.69) is 17.5 Å². The number of thiophene rings is 2. The number of para-hydroxylation sites is 1. The number of hydrazone groups is 1. The molecular weight excluding hydrogens is 362 g/mol. The van der Waals surface area contributed by atoms with Gasteiger partial charge in [-0.3, -0.25) is 4.79 Å². The largest absolute Gasteiger partial charge is 0.365 e. The van der Waals surface area contributed by atoms with Crippen LogP contribution in [-0.2, 0) is 4.79 Å². The molecule has 3 heterocycles. The molecule has 0 saturated carbocycles. The van der Waals surface area contributed by atoms with Crippen molar-refractivity contribution in [1.29, 1.82) is 0 Å². The van der Waals surface area contributed by atoms with Gasteiger partial charge < -0.3 is 4.90 Å². The first-order valence-electron chi connectivity index (χ1n) is 8.45. The lowest BCUT2D eigenvalue weighted by molar-refractivity contribution is -0.131. The van der Waals surface area contributed by atoms with Gasteiger partial charge in [0.15, 0.2) is 0 Å². The number of nitrogens with zero attached hydrogens (tertiary/aromatic N) is 3. The van der Waals surface area contributed by atoms with E-state index in [-0.39, 0.29) is 11.9 Å². The summed E-state index contributed by atoms with van der Waals surface area (Å²) >= 11 is 3.35. The Kier molecular flexibility index (Phi) is 4.86. The standard InChI is InChI=1S/C20H19N3OS2/c1-22(15-7-3-2-4-8-15)14-20(24)23-17(19-10-6-12-26-19)13-16(21-23)18-9-5-11-25-18/h2-12,17H,13-14H2,1H3. The van der Waals surface area contributed by atoms with E-state index in [9.17, 15) is 4.79 Å². The second kappa shape index (κ2) is 7.43. The van der Waals surface area contributed by atoms with E-state index in [0.717, 1.165) is 22.7 Å². The normalized spacial score (nSPS) is 16.6. The zero-order valence-corrected chi connectivity index (χ0v) is 16.0. The number of likely N-dealkylation sites (N-methyl/N-ethyl adjacent to an activating group) is 1. The van der Waals surface area contributed by atoms with Crippen LogP contribution in [0.4, 0.5) is 5.69 Å². The van der Waals surface area contributed by atoms with Crippen LogP contribution < -0.4 is 4.90 Å². The first kappa shape index (κ1) is 17.0. The van der Waals surface area contributed by atoms with E-state index >= 15 is 0 Å². The van der Waals surface area contributed by atoms with Crippen LogP contribution in [-0.4, -0.2) is 30.2 Å². The van der Waals surface area contributed by atoms with Crippen molar-refractivity contribution < 1.29 is 4.79 Å². The Morgan fingerprint density at radius 3 is 2.58 bits per heavy atom. The minimum Gasteiger partial charge on any atom is -0.365 e. The summed E-state index contributed by atoms with van der Waals surface area (Å²) in [5, 5.41) is 10.5. The van der Waals surface area contributed by atoms with Crippen molar-refractivity contribution in [2.75, 3.05) is 18.5 Å². The van der Waals surface area contributed by atoms with E-state index in [1.165, 1.54) is 4.88 Å². The fraction of sp³-hybridized carbons (Fsp3) is 0.200. The van der Waals surface area contributed by atoms with Gasteiger partial charge >= 0.3 is 0 Å². The molecule has 0 bridgehead atoms. The van der Waals surface area contributed by atoms with Gasteiger partial charge in [-0.2, -0.15) is 5.10 Å². The van der Waals surface area contributed by atoms with Crippen LogP contribution >= 0.6 is 22.7 Å². The summed E-state index contributed by atoms with van der Waals surface area (Å²) < 4.78 is 0. The molecule has 1 unspecified atom stereocenters. The zero-order valence-electron chi connectivity index (χ0n) is 14.4. The molecule has 4 rings (SSSR count). The number of hydrogen-bond acceptors (Lipinski definition) is 5. The van der Waals surface area contributed by atoms with Crippen molar-refractivity contribution in [2.24, 2.45) is 5.10 Å². The molecule has 1 amide bonds. The molecule has 1 aliphatic heterocycles. The molecule has 132 valence electrons. The first-order chi connectivity index (χ1) is 12.7. The maximum atomic E-state index is 13.0. The summed E-state index contributed by atoms with van der Waals surface area (Å²) in [7, 11) is 1.94. The second-order valence-electron chi connectivity index (χ2n) is 6.19. The van der Waals surface area contributed by atoms with Gasteiger partial charge in [-0.15, -0.1) is 22.7 Å². The average molecular weight is 382 g/mol. The molecule has 0 spiro atoms. The lowest BCUT2D eigenvalue weighted by Gasteiger charge is -2.25. The molecule has 1 atom stereocenters. The number of carbonyl (C=O) groups is 1. The maximum Gasteiger partial charge on any atom is 0.262 e. The summed E-state index contributed by atoms with van der Waals surface area (Å²) in [4.78, 5) is 17.3. The van der Waals surface area contributed by atoms with Crippen LogP contribution in [0.25, 0.3) is 0 Å². The SMILES string of the molecule is CN(CC(=O)N1N=C(c2cccs2)CC1c1cccs1)c1ccccc1. The number of benzene rings is 1. The van der Waals surface area contributed by atoms with Gasteiger partial charge in [-0.05, 0) is 35.0 Å². The maximum absolute atomic E-state index is 13.0. The Morgan fingerprint density at radius 2 is 1.88 bits per heavy atom. The molecular formula is C20H19N3OS2. The molecule has 0 aliphatic carbocycles. The van der Waals surface area contributed by atoms with Gasteiger partial charge in [-0.1, -0.05) is 30.3 Å². The molecule has 1 aliphatic rings. The minimum absolute atomic E-state index is 0.0104. The van der Waals surface area contributed by atoms with Crippen molar-refractivity contribution in [3.63, 3.8) is 0 Å². The molecule has 0 N–H and O–H groups in total.